The number of hydroxylamine groups is 2. The first kappa shape index (κ1) is 111. The number of nitrogen functional groups attached to an aromatic ring is 1. The summed E-state index contributed by atoms with van der Waals surface area (Å²) in [5, 5.41) is 4.71. The predicted molar refractivity (Wildman–Crippen MR) is 430 cm³/mol. The molecule has 0 aromatic heterocycles. The van der Waals surface area contributed by atoms with Crippen molar-refractivity contribution in [2.75, 3.05) is 65.0 Å². The molecule has 0 saturated heterocycles. The molecule has 103 heavy (non-hydrogen) atoms. The number of aldehydes is 1. The Morgan fingerprint density at radius 3 is 1.41 bits per heavy atom. The summed E-state index contributed by atoms with van der Waals surface area (Å²) in [4.78, 5) is 71.0. The number of carbonyl (C=O) groups excluding carboxylic acids is 6. The van der Waals surface area contributed by atoms with E-state index in [1.54, 1.807) is 32.1 Å². The third-order valence-electron chi connectivity index (χ3n) is 15.4. The number of Topliss-reactive ketones (excluding diaryl/α,β-unsaturated/α-hetero) is 1. The second-order valence-corrected chi connectivity index (χ2v) is 33.0. The van der Waals surface area contributed by atoms with Crippen molar-refractivity contribution in [3.63, 3.8) is 0 Å². The summed E-state index contributed by atoms with van der Waals surface area (Å²) in [6.45, 7) is 17.9. The molecule has 5 fully saturated rings. The van der Waals surface area contributed by atoms with Gasteiger partial charge in [-0.1, -0.05) is 155 Å². The van der Waals surface area contributed by atoms with Gasteiger partial charge in [0.2, 0.25) is 5.91 Å². The predicted octanol–water partition coefficient (Wildman–Crippen LogP) is 10.0. The van der Waals surface area contributed by atoms with E-state index in [1.807, 2.05) is 120 Å². The van der Waals surface area contributed by atoms with Crippen molar-refractivity contribution in [1.29, 1.82) is 0 Å². The molecule has 3 radical (unpaired) electrons. The topological polar surface area (TPSA) is 181 Å². The maximum atomic E-state index is 13.3. The van der Waals surface area contributed by atoms with Gasteiger partial charge in [-0.05, 0) is 150 Å². The Labute approximate surface area is 700 Å². The zero-order valence-electron chi connectivity index (χ0n) is 65.9. The zero-order valence-corrected chi connectivity index (χ0v) is 73.9. The van der Waals surface area contributed by atoms with E-state index in [0.717, 1.165) is 78.7 Å². The number of nitrogens with two attached hydrogens (primary N) is 1. The molecule has 5 saturated carbocycles. The largest absolute Gasteiger partial charge is 2.00 e. The standard InChI is InChI=1S/C22H21O2P.C12H14FNO.C10H15FNSi.C8H15NO2.C8H14O2.C8H12O2.C4H6O.C3H8O.C3H7.B.BrH.2ClH.2Mg.Na.2H/c1-2-24-22(23)18-25(19-12-6-3-7-13-19,20-14-8-4-9-15-20)21-16-10-5-11-17-21;13-10-5-4-9(7-11(10)14)12(15)6-3-8-1-2-8;1-12(13(2,3)4)10-8-6-5-7-9(10)11;1-9(11-2)8(10)6-5-7-3-4-7;2*1-2-10-8(9)6-5-7-3-4-7;5-3-4-1-2-4;1-3-4-2;1-3-2;;;;;;;;;/h3-18H,2H2,1H3;4-5,7-8H,1-3,6,14H2;5,7-8H,1-4H3;7H,3-6H2,1-2H3;7H,2-6H2,1H3;5-7H,2-4H2,1H3;3-4H,1-2H2;3H2,1-2H3;3H,1-2H3;;3*1H;;;;;/q;;-1;;;;;;-1;;;;;2*+2;+1;2*-1/p-1/b;;;;;6-5+;;;;;;;;;;;;. The summed E-state index contributed by atoms with van der Waals surface area (Å²) >= 11 is 0. The summed E-state index contributed by atoms with van der Waals surface area (Å²) in [5.74, 6) is 4.32. The number of hydrogen-bond donors (Lipinski definition) is 1. The van der Waals surface area contributed by atoms with Crippen LogP contribution in [0.3, 0.4) is 0 Å². The van der Waals surface area contributed by atoms with Gasteiger partial charge in [0.1, 0.15) is 20.3 Å². The molecule has 5 aromatic carbocycles. The number of benzene rings is 5. The fraction of sp³-hybridized carbons (Fsp3) is 0.487. The summed E-state index contributed by atoms with van der Waals surface area (Å²) in [6, 6.07) is 42.6. The summed E-state index contributed by atoms with van der Waals surface area (Å²) in [5.41, 5.74) is 6.62. The van der Waals surface area contributed by atoms with Gasteiger partial charge in [0.25, 0.3) is 0 Å². The Morgan fingerprint density at radius 1 is 0.641 bits per heavy atom. The summed E-state index contributed by atoms with van der Waals surface area (Å²) < 4.78 is 47.5. The molecule has 10 rings (SSSR count). The minimum atomic E-state index is -2.24. The molecule has 2 N–H and O–H groups in total. The molecule has 0 bridgehead atoms. The van der Waals surface area contributed by atoms with Crippen LogP contribution in [-0.4, -0.2) is 164 Å². The molecule has 0 aliphatic heterocycles. The first-order chi connectivity index (χ1) is 46.0. The fourth-order valence-corrected chi connectivity index (χ4v) is 13.1. The zero-order chi connectivity index (χ0) is 71.3. The number of rotatable bonds is 24. The van der Waals surface area contributed by atoms with E-state index in [4.69, 9.17) is 24.8 Å². The molecule has 5 aliphatic rings. The van der Waals surface area contributed by atoms with E-state index >= 15 is 0 Å². The van der Waals surface area contributed by atoms with Crippen LogP contribution < -0.4 is 68.2 Å². The number of anilines is 2. The van der Waals surface area contributed by atoms with Gasteiger partial charge in [-0.15, -0.1) is 35.5 Å². The van der Waals surface area contributed by atoms with E-state index < -0.39 is 20.9 Å². The Morgan fingerprint density at radius 2 is 1.06 bits per heavy atom. The van der Waals surface area contributed by atoms with Crippen LogP contribution in [0.1, 0.15) is 157 Å². The molecule has 0 unspecified atom stereocenters. The molecule has 561 valence electrons. The smallest absolute Gasteiger partial charge is 1.00 e. The van der Waals surface area contributed by atoms with Crippen molar-refractivity contribution in [3.8, 4) is 0 Å². The van der Waals surface area contributed by atoms with Crippen LogP contribution in [0.15, 0.2) is 140 Å². The summed E-state index contributed by atoms with van der Waals surface area (Å²) in [6.07, 6.45) is 23.8. The van der Waals surface area contributed by atoms with Gasteiger partial charge in [0.05, 0.1) is 32.6 Å². The fourth-order valence-electron chi connectivity index (χ4n) is 8.50. The van der Waals surface area contributed by atoms with Crippen molar-refractivity contribution >= 4 is 168 Å². The second-order valence-electron chi connectivity index (χ2n) is 24.8. The third kappa shape index (κ3) is 50.8. The molecule has 0 spiro atoms. The number of amides is 1. The number of hydrogen-bond acceptors (Lipinski definition) is 13. The Balaban J connectivity index is -0.000000175. The molecule has 25 heteroatoms. The first-order valence-corrected chi connectivity index (χ1v) is 39.4. The van der Waals surface area contributed by atoms with Gasteiger partial charge < -0.3 is 55.7 Å². The Bertz CT molecular complexity index is 3040. The van der Waals surface area contributed by atoms with Crippen molar-refractivity contribution in [2.24, 2.45) is 29.6 Å². The first-order valence-electron chi connectivity index (χ1n) is 34.1. The molecule has 1 amide bonds. The SMILES string of the molecule is Br.CCOC.CCOC(=O)/C=C/C1CC1.CCOC(=O)C=P(c1ccccc1)(c1ccccc1)c1ccccc1.CCOC(=O)CCC1CC1.CN(c1c[c-]ccc1F)[Si](C)(C)C.CON(C)C(=O)CCC1CC1.C[CH-]C.Cl.Nc1cc(C(=O)CCC2CC2)ccc1F.O=CC1CC1.[B].[Cl-].[H-].[H-].[Mg+2].[Mg+2].[Na+]. The molecular formula is C78H116BBrCl2F2Mg2N3NaO11PSi. The van der Waals surface area contributed by atoms with Crippen LogP contribution >= 0.6 is 36.3 Å². The van der Waals surface area contributed by atoms with Crippen molar-refractivity contribution < 1.29 is 106 Å². The van der Waals surface area contributed by atoms with Crippen LogP contribution in [0.4, 0.5) is 20.2 Å². The minimum absolute atomic E-state index is 0. The van der Waals surface area contributed by atoms with Crippen LogP contribution in [0.5, 0.6) is 0 Å². The van der Waals surface area contributed by atoms with E-state index in [2.05, 4.69) is 66.8 Å². The third-order valence-corrected chi connectivity index (χ3v) is 21.6. The number of nitrogens with zero attached hydrogens (tertiary/aromatic N) is 2. The second kappa shape index (κ2) is 64.6. The molecule has 14 nitrogen and oxygen atoms in total. The number of allylic oxidation sites excluding steroid dienone is 1. The van der Waals surface area contributed by atoms with E-state index in [-0.39, 0.29) is 170 Å². The minimum Gasteiger partial charge on any atom is -1.00 e. The molecule has 5 aromatic rings. The van der Waals surface area contributed by atoms with Crippen molar-refractivity contribution in [2.45, 2.75) is 164 Å². The van der Waals surface area contributed by atoms with Crippen LogP contribution in [0.25, 0.3) is 0 Å². The average molecular weight is 1600 g/mol. The number of halogens is 5. The van der Waals surface area contributed by atoms with Crippen molar-refractivity contribution in [3.05, 3.63) is 169 Å². The van der Waals surface area contributed by atoms with E-state index in [1.165, 1.54) is 93.9 Å². The van der Waals surface area contributed by atoms with Crippen LogP contribution in [0, 0.1) is 53.7 Å². The number of esters is 3. The molecule has 0 atom stereocenters. The summed E-state index contributed by atoms with van der Waals surface area (Å²) in [7, 11) is 5.32. The van der Waals surface area contributed by atoms with Gasteiger partial charge in [-0.2, -0.15) is 32.0 Å². The molecule has 5 aliphatic carbocycles. The maximum Gasteiger partial charge on any atom is 2.00 e. The molecular weight excluding hydrogens is 1490 g/mol. The van der Waals surface area contributed by atoms with Crippen LogP contribution in [0.2, 0.25) is 19.6 Å². The van der Waals surface area contributed by atoms with Gasteiger partial charge >= 0.3 is 93.6 Å². The number of carbonyl (C=O) groups is 6. The van der Waals surface area contributed by atoms with Gasteiger partial charge in [0.15, 0.2) is 5.78 Å². The van der Waals surface area contributed by atoms with Crippen molar-refractivity contribution in [1.82, 2.24) is 5.06 Å². The Hall–Kier alpha value is -3.39. The number of ketones is 1. The van der Waals surface area contributed by atoms with E-state index in [9.17, 15) is 37.5 Å². The number of ether oxygens (including phenoxy) is 4. The molecule has 0 heterocycles. The maximum absolute atomic E-state index is 13.3. The van der Waals surface area contributed by atoms with Gasteiger partial charge in [-0.25, -0.2) is 23.4 Å². The van der Waals surface area contributed by atoms with Gasteiger partial charge in [-0.3, -0.25) is 19.2 Å². The van der Waals surface area contributed by atoms with Gasteiger partial charge in [0, 0.05) is 77.6 Å². The quantitative estimate of drug-likeness (QED) is 0.00590. The Kier molecular flexibility index (Phi) is 69.3. The number of methoxy groups -OCH3 is 1. The van der Waals surface area contributed by atoms with Crippen LogP contribution in [-0.2, 0) is 47.8 Å². The van der Waals surface area contributed by atoms with E-state index in [0.29, 0.717) is 62.2 Å². The average Bonchev–Trinajstić information content (AvgIpc) is 1.76. The normalized spacial score (nSPS) is 13.0. The monoisotopic (exact) mass is 1600 g/mol.